The summed E-state index contributed by atoms with van der Waals surface area (Å²) in [6.45, 7) is 9.71. The zero-order valence-corrected chi connectivity index (χ0v) is 21.9. The van der Waals surface area contributed by atoms with Gasteiger partial charge in [-0.05, 0) is 81.1 Å². The Hall–Kier alpha value is -4.20. The molecule has 0 fully saturated rings. The molecule has 8 nitrogen and oxygen atoms in total. The number of amides is 2. The molecule has 1 aromatic heterocycles. The average molecular weight is 500 g/mol. The molecule has 37 heavy (non-hydrogen) atoms. The van der Waals surface area contributed by atoms with E-state index in [2.05, 4.69) is 15.6 Å². The van der Waals surface area contributed by atoms with Gasteiger partial charge in [-0.1, -0.05) is 48.5 Å². The van der Waals surface area contributed by atoms with Crippen LogP contribution in [0.3, 0.4) is 0 Å². The van der Waals surface area contributed by atoms with E-state index >= 15 is 0 Å². The first kappa shape index (κ1) is 25.9. The lowest BCUT2D eigenvalue weighted by Gasteiger charge is -2.35. The zero-order chi connectivity index (χ0) is 26.7. The molecule has 0 aliphatic rings. The van der Waals surface area contributed by atoms with E-state index in [-0.39, 0.29) is 24.1 Å². The van der Waals surface area contributed by atoms with Crippen molar-refractivity contribution in [2.45, 2.75) is 59.2 Å². The number of fused-ring (bicyclic) bond motifs is 1. The maximum atomic E-state index is 14.1. The quantitative estimate of drug-likeness (QED) is 0.362. The standard InChI is InChI=1S/C29H33N5O3/c1-6-29(4,5)30-28(37)27(21-14-16-22(35)17-15-21)34(24-13-9-10-19(2)20(24)3)26(36)18-33-25-12-8-7-11-23(25)31-32-33/h7-17,27,35H,6,18H2,1-5H3,(H,30,37)/t27-/m0/s1. The Labute approximate surface area is 216 Å². The number of rotatable bonds is 8. The van der Waals surface area contributed by atoms with Gasteiger partial charge in [-0.2, -0.15) is 0 Å². The van der Waals surface area contributed by atoms with Gasteiger partial charge in [-0.15, -0.1) is 5.10 Å². The summed E-state index contributed by atoms with van der Waals surface area (Å²) in [6.07, 6.45) is 0.712. The van der Waals surface area contributed by atoms with Crippen LogP contribution in [0.1, 0.15) is 49.9 Å². The summed E-state index contributed by atoms with van der Waals surface area (Å²) < 4.78 is 1.55. The van der Waals surface area contributed by atoms with E-state index < -0.39 is 11.6 Å². The first-order valence-corrected chi connectivity index (χ1v) is 12.4. The van der Waals surface area contributed by atoms with Crippen LogP contribution in [0.25, 0.3) is 11.0 Å². The number of benzene rings is 3. The number of para-hydroxylation sites is 1. The van der Waals surface area contributed by atoms with Gasteiger partial charge in [0, 0.05) is 11.2 Å². The molecule has 4 rings (SSSR count). The van der Waals surface area contributed by atoms with Crippen LogP contribution in [0.2, 0.25) is 0 Å². The van der Waals surface area contributed by atoms with Gasteiger partial charge in [0.25, 0.3) is 0 Å². The Kier molecular flexibility index (Phi) is 7.29. The third-order valence-corrected chi connectivity index (χ3v) is 6.87. The van der Waals surface area contributed by atoms with Crippen LogP contribution in [0.5, 0.6) is 5.75 Å². The van der Waals surface area contributed by atoms with Crippen LogP contribution in [0, 0.1) is 13.8 Å². The maximum absolute atomic E-state index is 14.1. The van der Waals surface area contributed by atoms with Crippen molar-refractivity contribution in [2.24, 2.45) is 0 Å². The van der Waals surface area contributed by atoms with Gasteiger partial charge in [-0.3, -0.25) is 14.5 Å². The minimum atomic E-state index is -0.978. The van der Waals surface area contributed by atoms with Crippen molar-refractivity contribution in [2.75, 3.05) is 4.90 Å². The molecular weight excluding hydrogens is 466 g/mol. The SMILES string of the molecule is CCC(C)(C)NC(=O)[C@H](c1ccc(O)cc1)N(C(=O)Cn1nnc2ccccc21)c1cccc(C)c1C. The van der Waals surface area contributed by atoms with Gasteiger partial charge in [0.05, 0.1) is 5.52 Å². The number of aromatic hydroxyl groups is 1. The summed E-state index contributed by atoms with van der Waals surface area (Å²) in [5.74, 6) is -0.544. The van der Waals surface area contributed by atoms with Gasteiger partial charge in [0.1, 0.15) is 23.9 Å². The number of aromatic nitrogens is 3. The summed E-state index contributed by atoms with van der Waals surface area (Å²) >= 11 is 0. The van der Waals surface area contributed by atoms with Crippen molar-refractivity contribution in [3.8, 4) is 5.75 Å². The van der Waals surface area contributed by atoms with E-state index in [0.717, 1.165) is 16.6 Å². The van der Waals surface area contributed by atoms with Crippen molar-refractivity contribution in [1.29, 1.82) is 0 Å². The lowest BCUT2D eigenvalue weighted by molar-refractivity contribution is -0.128. The Morgan fingerprint density at radius 1 is 1.03 bits per heavy atom. The molecular formula is C29H33N5O3. The number of carbonyl (C=O) groups is 2. The van der Waals surface area contributed by atoms with E-state index in [0.29, 0.717) is 23.2 Å². The summed E-state index contributed by atoms with van der Waals surface area (Å²) in [7, 11) is 0. The van der Waals surface area contributed by atoms with Crippen LogP contribution >= 0.6 is 0 Å². The fourth-order valence-electron chi connectivity index (χ4n) is 4.22. The molecule has 4 aromatic rings. The van der Waals surface area contributed by atoms with Crippen molar-refractivity contribution >= 4 is 28.5 Å². The lowest BCUT2D eigenvalue weighted by Crippen LogP contribution is -2.51. The zero-order valence-electron chi connectivity index (χ0n) is 21.9. The highest BCUT2D eigenvalue weighted by molar-refractivity contribution is 6.02. The number of phenolic OH excluding ortho intramolecular Hbond substituents is 1. The van der Waals surface area contributed by atoms with Crippen LogP contribution in [0.15, 0.2) is 66.7 Å². The Bertz CT molecular complexity index is 1430. The topological polar surface area (TPSA) is 100 Å². The lowest BCUT2D eigenvalue weighted by atomic mass is 9.97. The van der Waals surface area contributed by atoms with Gasteiger partial charge >= 0.3 is 0 Å². The highest BCUT2D eigenvalue weighted by Gasteiger charge is 2.36. The number of aryl methyl sites for hydroxylation is 1. The number of nitrogens with one attached hydrogen (secondary N) is 1. The van der Waals surface area contributed by atoms with Crippen LogP contribution in [-0.4, -0.2) is 37.5 Å². The smallest absolute Gasteiger partial charge is 0.249 e. The second-order valence-electron chi connectivity index (χ2n) is 9.94. The minimum absolute atomic E-state index is 0.0792. The van der Waals surface area contributed by atoms with Crippen LogP contribution in [-0.2, 0) is 16.1 Å². The summed E-state index contributed by atoms with van der Waals surface area (Å²) in [5, 5.41) is 21.4. The van der Waals surface area contributed by atoms with E-state index in [4.69, 9.17) is 0 Å². The van der Waals surface area contributed by atoms with Crippen LogP contribution in [0.4, 0.5) is 5.69 Å². The molecule has 3 aromatic carbocycles. The van der Waals surface area contributed by atoms with Gasteiger partial charge < -0.3 is 10.4 Å². The van der Waals surface area contributed by atoms with E-state index in [9.17, 15) is 14.7 Å². The molecule has 0 aliphatic heterocycles. The Balaban J connectivity index is 1.86. The predicted octanol–water partition coefficient (Wildman–Crippen LogP) is 4.83. The second-order valence-corrected chi connectivity index (χ2v) is 9.94. The molecule has 192 valence electrons. The monoisotopic (exact) mass is 499 g/mol. The Morgan fingerprint density at radius 2 is 1.73 bits per heavy atom. The fourth-order valence-corrected chi connectivity index (χ4v) is 4.22. The third-order valence-electron chi connectivity index (χ3n) is 6.87. The number of nitrogens with zero attached hydrogens (tertiary/aromatic N) is 4. The van der Waals surface area contributed by atoms with Crippen molar-refractivity contribution in [3.63, 3.8) is 0 Å². The first-order chi connectivity index (χ1) is 17.6. The number of carbonyl (C=O) groups excluding carboxylic acids is 2. The first-order valence-electron chi connectivity index (χ1n) is 12.4. The van der Waals surface area contributed by atoms with Gasteiger partial charge in [0.15, 0.2) is 0 Å². The minimum Gasteiger partial charge on any atom is -0.508 e. The summed E-state index contributed by atoms with van der Waals surface area (Å²) in [5.41, 5.74) is 4.05. The average Bonchev–Trinajstić information content (AvgIpc) is 3.27. The normalized spacial score (nSPS) is 12.4. The van der Waals surface area contributed by atoms with Crippen molar-refractivity contribution in [3.05, 3.63) is 83.4 Å². The number of anilines is 1. The molecule has 0 radical (unpaired) electrons. The Morgan fingerprint density at radius 3 is 2.43 bits per heavy atom. The number of hydrogen-bond acceptors (Lipinski definition) is 5. The van der Waals surface area contributed by atoms with Gasteiger partial charge in [0.2, 0.25) is 11.8 Å². The van der Waals surface area contributed by atoms with Gasteiger partial charge in [-0.25, -0.2) is 4.68 Å². The molecule has 8 heteroatoms. The summed E-state index contributed by atoms with van der Waals surface area (Å²) in [4.78, 5) is 29.6. The second kappa shape index (κ2) is 10.4. The highest BCUT2D eigenvalue weighted by atomic mass is 16.3. The van der Waals surface area contributed by atoms with E-state index in [1.54, 1.807) is 21.7 Å². The molecule has 2 amide bonds. The van der Waals surface area contributed by atoms with Crippen LogP contribution < -0.4 is 10.2 Å². The molecule has 0 unspecified atom stereocenters. The van der Waals surface area contributed by atoms with Crippen molar-refractivity contribution < 1.29 is 14.7 Å². The molecule has 0 saturated carbocycles. The predicted molar refractivity (Wildman–Crippen MR) is 144 cm³/mol. The van der Waals surface area contributed by atoms with E-state index in [1.165, 1.54) is 12.1 Å². The third kappa shape index (κ3) is 5.48. The molecule has 2 N–H and O–H groups in total. The molecule has 0 spiro atoms. The molecule has 0 aliphatic carbocycles. The fraction of sp³-hybridized carbons (Fsp3) is 0.310. The maximum Gasteiger partial charge on any atom is 0.249 e. The van der Waals surface area contributed by atoms with E-state index in [1.807, 2.05) is 77.1 Å². The largest absolute Gasteiger partial charge is 0.508 e. The van der Waals surface area contributed by atoms with Crippen molar-refractivity contribution in [1.82, 2.24) is 20.3 Å². The number of hydrogen-bond donors (Lipinski definition) is 2. The molecule has 1 heterocycles. The highest BCUT2D eigenvalue weighted by Crippen LogP contribution is 2.33. The molecule has 0 bridgehead atoms. The summed E-state index contributed by atoms with van der Waals surface area (Å²) in [6, 6.07) is 18.6. The molecule has 1 atom stereocenters. The molecule has 0 saturated heterocycles. The number of phenols is 1.